The van der Waals surface area contributed by atoms with Gasteiger partial charge in [0.25, 0.3) is 0 Å². The van der Waals surface area contributed by atoms with E-state index in [2.05, 4.69) is 20.6 Å². The van der Waals surface area contributed by atoms with Crippen LogP contribution in [-0.4, -0.2) is 38.9 Å². The first-order valence-electron chi connectivity index (χ1n) is 7.36. The zero-order valence-electron chi connectivity index (χ0n) is 12.9. The fourth-order valence-electron chi connectivity index (χ4n) is 2.07. The highest BCUT2D eigenvalue weighted by Gasteiger charge is 2.15. The van der Waals surface area contributed by atoms with Gasteiger partial charge in [-0.05, 0) is 30.5 Å². The summed E-state index contributed by atoms with van der Waals surface area (Å²) in [5, 5.41) is 17.9. The van der Waals surface area contributed by atoms with Crippen LogP contribution in [0.5, 0.6) is 0 Å². The Labute approximate surface area is 137 Å². The van der Waals surface area contributed by atoms with Crippen molar-refractivity contribution in [3.63, 3.8) is 0 Å². The van der Waals surface area contributed by atoms with E-state index in [-0.39, 0.29) is 11.9 Å². The summed E-state index contributed by atoms with van der Waals surface area (Å²) in [5.41, 5.74) is 0.678. The van der Waals surface area contributed by atoms with Gasteiger partial charge in [-0.15, -0.1) is 26.6 Å². The van der Waals surface area contributed by atoms with Crippen LogP contribution in [0, 0.1) is 5.92 Å². The van der Waals surface area contributed by atoms with E-state index in [0.29, 0.717) is 30.4 Å². The second kappa shape index (κ2) is 6.74. The molecule has 7 nitrogen and oxygen atoms in total. The zero-order chi connectivity index (χ0) is 16.2. The third-order valence-electron chi connectivity index (χ3n) is 3.28. The van der Waals surface area contributed by atoms with Gasteiger partial charge in [-0.3, -0.25) is 4.79 Å². The fourth-order valence-corrected chi connectivity index (χ4v) is 2.76. The van der Waals surface area contributed by atoms with Crippen LogP contribution in [-0.2, 0) is 9.53 Å². The standard InChI is InChI=1S/C15H17N5O2S/c1-3-22-15(21)10(2)9-16-12-6-7-13-17-18-14(20(13)19-12)11-5-4-8-23-11/h4-8,10H,3,9H2,1-2H3,(H,16,19). The Morgan fingerprint density at radius 1 is 1.39 bits per heavy atom. The largest absolute Gasteiger partial charge is 0.466 e. The summed E-state index contributed by atoms with van der Waals surface area (Å²) in [6, 6.07) is 7.60. The van der Waals surface area contributed by atoms with Gasteiger partial charge in [-0.1, -0.05) is 13.0 Å². The smallest absolute Gasteiger partial charge is 0.310 e. The molecule has 0 aliphatic carbocycles. The Hall–Kier alpha value is -2.48. The van der Waals surface area contributed by atoms with E-state index < -0.39 is 0 Å². The molecule has 0 aromatic carbocycles. The number of carbonyl (C=O) groups is 1. The maximum Gasteiger partial charge on any atom is 0.310 e. The molecule has 0 spiro atoms. The number of rotatable bonds is 6. The van der Waals surface area contributed by atoms with Crippen molar-refractivity contribution in [2.24, 2.45) is 5.92 Å². The summed E-state index contributed by atoms with van der Waals surface area (Å²) in [6.07, 6.45) is 0. The lowest BCUT2D eigenvalue weighted by atomic mass is 10.2. The molecule has 8 heteroatoms. The lowest BCUT2D eigenvalue weighted by molar-refractivity contribution is -0.146. The average molecular weight is 331 g/mol. The number of fused-ring (bicyclic) bond motifs is 1. The van der Waals surface area contributed by atoms with Crippen LogP contribution < -0.4 is 5.32 Å². The Bertz CT molecular complexity index is 799. The van der Waals surface area contributed by atoms with Crippen molar-refractivity contribution >= 4 is 28.8 Å². The molecule has 1 atom stereocenters. The number of nitrogens with zero attached hydrogens (tertiary/aromatic N) is 4. The molecule has 0 saturated carbocycles. The Balaban J connectivity index is 1.77. The minimum Gasteiger partial charge on any atom is -0.466 e. The predicted octanol–water partition coefficient (Wildman–Crippen LogP) is 2.46. The van der Waals surface area contributed by atoms with Crippen LogP contribution in [0.25, 0.3) is 16.3 Å². The molecule has 0 amide bonds. The lowest BCUT2D eigenvalue weighted by Crippen LogP contribution is -2.23. The van der Waals surface area contributed by atoms with Crippen molar-refractivity contribution in [2.75, 3.05) is 18.5 Å². The molecule has 0 saturated heterocycles. The molecule has 1 unspecified atom stereocenters. The van der Waals surface area contributed by atoms with Crippen molar-refractivity contribution < 1.29 is 9.53 Å². The predicted molar refractivity (Wildman–Crippen MR) is 88.4 cm³/mol. The van der Waals surface area contributed by atoms with Crippen LogP contribution in [0.1, 0.15) is 13.8 Å². The molecule has 23 heavy (non-hydrogen) atoms. The number of hydrogen-bond donors (Lipinski definition) is 1. The summed E-state index contributed by atoms with van der Waals surface area (Å²) < 4.78 is 6.69. The molecule has 0 aliphatic heterocycles. The number of nitrogens with one attached hydrogen (secondary N) is 1. The van der Waals surface area contributed by atoms with E-state index in [1.165, 1.54) is 0 Å². The van der Waals surface area contributed by atoms with Crippen molar-refractivity contribution in [1.29, 1.82) is 0 Å². The van der Waals surface area contributed by atoms with Crippen LogP contribution in [0.15, 0.2) is 29.6 Å². The van der Waals surface area contributed by atoms with Crippen molar-refractivity contribution in [3.05, 3.63) is 29.6 Å². The van der Waals surface area contributed by atoms with Crippen molar-refractivity contribution in [2.45, 2.75) is 13.8 Å². The van der Waals surface area contributed by atoms with Gasteiger partial charge in [0.2, 0.25) is 0 Å². The number of ether oxygens (including phenoxy) is 1. The molecule has 3 aromatic heterocycles. The molecule has 3 heterocycles. The topological polar surface area (TPSA) is 81.4 Å². The van der Waals surface area contributed by atoms with Crippen LogP contribution in [0.4, 0.5) is 5.82 Å². The maximum absolute atomic E-state index is 11.6. The first-order valence-corrected chi connectivity index (χ1v) is 8.24. The Morgan fingerprint density at radius 3 is 3.00 bits per heavy atom. The normalized spacial score (nSPS) is 12.3. The minimum atomic E-state index is -0.245. The second-order valence-corrected chi connectivity index (χ2v) is 5.97. The highest BCUT2D eigenvalue weighted by Crippen LogP contribution is 2.23. The number of aromatic nitrogens is 4. The van der Waals surface area contributed by atoms with Crippen LogP contribution in [0.2, 0.25) is 0 Å². The maximum atomic E-state index is 11.6. The van der Waals surface area contributed by atoms with Gasteiger partial charge < -0.3 is 10.1 Å². The second-order valence-electron chi connectivity index (χ2n) is 5.02. The number of anilines is 1. The Morgan fingerprint density at radius 2 is 2.26 bits per heavy atom. The van der Waals surface area contributed by atoms with Crippen molar-refractivity contribution in [1.82, 2.24) is 19.8 Å². The molecular weight excluding hydrogens is 314 g/mol. The summed E-state index contributed by atoms with van der Waals surface area (Å²) in [4.78, 5) is 12.6. The molecule has 0 fully saturated rings. The number of esters is 1. The van der Waals surface area contributed by atoms with E-state index in [1.807, 2.05) is 36.6 Å². The molecule has 0 bridgehead atoms. The zero-order valence-corrected chi connectivity index (χ0v) is 13.7. The summed E-state index contributed by atoms with van der Waals surface area (Å²) in [7, 11) is 0. The van der Waals surface area contributed by atoms with Gasteiger partial charge in [0.15, 0.2) is 11.5 Å². The highest BCUT2D eigenvalue weighted by atomic mass is 32.1. The summed E-state index contributed by atoms with van der Waals surface area (Å²) >= 11 is 1.58. The average Bonchev–Trinajstić information content (AvgIpc) is 3.21. The number of thiophene rings is 1. The van der Waals surface area contributed by atoms with Gasteiger partial charge in [-0.25, -0.2) is 0 Å². The molecule has 3 aromatic rings. The van der Waals surface area contributed by atoms with Gasteiger partial charge in [-0.2, -0.15) is 4.52 Å². The SMILES string of the molecule is CCOC(=O)C(C)CNc1ccc2nnc(-c3cccs3)n2n1. The molecule has 0 radical (unpaired) electrons. The fraction of sp³-hybridized carbons (Fsp3) is 0.333. The van der Waals surface area contributed by atoms with E-state index in [9.17, 15) is 4.79 Å². The summed E-state index contributed by atoms with van der Waals surface area (Å²) in [6.45, 7) is 4.46. The van der Waals surface area contributed by atoms with Gasteiger partial charge in [0, 0.05) is 6.54 Å². The monoisotopic (exact) mass is 331 g/mol. The summed E-state index contributed by atoms with van der Waals surface area (Å²) in [5.74, 6) is 0.901. The van der Waals surface area contributed by atoms with Gasteiger partial charge >= 0.3 is 5.97 Å². The highest BCUT2D eigenvalue weighted by molar-refractivity contribution is 7.13. The van der Waals surface area contributed by atoms with E-state index in [4.69, 9.17) is 4.74 Å². The van der Waals surface area contributed by atoms with Gasteiger partial charge in [0.05, 0.1) is 17.4 Å². The quantitative estimate of drug-likeness (QED) is 0.699. The number of carbonyl (C=O) groups excluding carboxylic acids is 1. The Kier molecular flexibility index (Phi) is 4.52. The van der Waals surface area contributed by atoms with Gasteiger partial charge in [0.1, 0.15) is 5.82 Å². The molecule has 1 N–H and O–H groups in total. The van der Waals surface area contributed by atoms with Crippen molar-refractivity contribution in [3.8, 4) is 10.7 Å². The van der Waals surface area contributed by atoms with E-state index in [1.54, 1.807) is 22.8 Å². The molecule has 3 rings (SSSR count). The first-order chi connectivity index (χ1) is 11.2. The third-order valence-corrected chi connectivity index (χ3v) is 4.15. The molecule has 0 aliphatic rings. The molecule has 120 valence electrons. The lowest BCUT2D eigenvalue weighted by Gasteiger charge is -2.12. The van der Waals surface area contributed by atoms with Crippen LogP contribution >= 0.6 is 11.3 Å². The minimum absolute atomic E-state index is 0.218. The van der Waals surface area contributed by atoms with E-state index in [0.717, 1.165) is 4.88 Å². The first kappa shape index (κ1) is 15.4. The third kappa shape index (κ3) is 3.31. The molecular formula is C15H17N5O2S. The number of hydrogen-bond acceptors (Lipinski definition) is 7. The van der Waals surface area contributed by atoms with Crippen LogP contribution in [0.3, 0.4) is 0 Å². The van der Waals surface area contributed by atoms with E-state index >= 15 is 0 Å².